The first kappa shape index (κ1) is 12.5. The molecule has 84 valence electrons. The van der Waals surface area contributed by atoms with Crippen molar-refractivity contribution in [2.24, 2.45) is 11.7 Å². The van der Waals surface area contributed by atoms with Crippen molar-refractivity contribution >= 4 is 15.9 Å². The van der Waals surface area contributed by atoms with Gasteiger partial charge in [-0.25, -0.2) is 8.78 Å². The van der Waals surface area contributed by atoms with E-state index >= 15 is 0 Å². The van der Waals surface area contributed by atoms with E-state index in [0.29, 0.717) is 0 Å². The van der Waals surface area contributed by atoms with E-state index in [1.165, 1.54) is 12.1 Å². The molecule has 0 bridgehead atoms. The molecule has 0 amide bonds. The predicted octanol–water partition coefficient (Wildman–Crippen LogP) is 1.84. The molecule has 1 aromatic rings. The molecule has 1 unspecified atom stereocenters. The van der Waals surface area contributed by atoms with Crippen LogP contribution in [0.5, 0.6) is 0 Å². The third-order valence-electron chi connectivity index (χ3n) is 2.22. The van der Waals surface area contributed by atoms with Crippen LogP contribution in [0.1, 0.15) is 5.56 Å². The van der Waals surface area contributed by atoms with Gasteiger partial charge in [-0.2, -0.15) is 0 Å². The minimum Gasteiger partial charge on any atom is -0.396 e. The molecule has 5 heteroatoms. The summed E-state index contributed by atoms with van der Waals surface area (Å²) in [5.74, 6) is -1.55. The van der Waals surface area contributed by atoms with Gasteiger partial charge >= 0.3 is 0 Å². The van der Waals surface area contributed by atoms with E-state index < -0.39 is 11.6 Å². The number of benzene rings is 1. The molecule has 0 radical (unpaired) electrons. The number of rotatable bonds is 4. The Kier molecular flexibility index (Phi) is 4.63. The van der Waals surface area contributed by atoms with Gasteiger partial charge in [-0.05, 0) is 46.9 Å². The Morgan fingerprint density at radius 1 is 1.40 bits per heavy atom. The Balaban J connectivity index is 2.97. The standard InChI is InChI=1S/C10H12BrF2NO/c11-8-1-2-9(12)7(10(8)13)3-6(4-14)5-15/h1-2,6,15H,3-5,14H2. The molecule has 0 aromatic heterocycles. The van der Waals surface area contributed by atoms with Gasteiger partial charge in [0.1, 0.15) is 11.6 Å². The van der Waals surface area contributed by atoms with Crippen molar-refractivity contribution in [2.75, 3.05) is 13.2 Å². The molecule has 3 N–H and O–H groups in total. The van der Waals surface area contributed by atoms with Crippen LogP contribution in [0, 0.1) is 17.6 Å². The molecular weight excluding hydrogens is 268 g/mol. The monoisotopic (exact) mass is 279 g/mol. The van der Waals surface area contributed by atoms with E-state index in [-0.39, 0.29) is 35.5 Å². The minimum atomic E-state index is -0.623. The highest BCUT2D eigenvalue weighted by atomic mass is 79.9. The molecule has 2 nitrogen and oxygen atoms in total. The molecule has 0 heterocycles. The summed E-state index contributed by atoms with van der Waals surface area (Å²) in [4.78, 5) is 0. The molecule has 0 saturated carbocycles. The van der Waals surface area contributed by atoms with Gasteiger partial charge in [0.2, 0.25) is 0 Å². The zero-order chi connectivity index (χ0) is 11.4. The SMILES string of the molecule is NCC(CO)Cc1c(F)ccc(Br)c1F. The highest BCUT2D eigenvalue weighted by Crippen LogP contribution is 2.23. The third kappa shape index (κ3) is 2.96. The van der Waals surface area contributed by atoms with E-state index in [1.807, 2.05) is 0 Å². The second-order valence-corrected chi connectivity index (χ2v) is 4.16. The first-order chi connectivity index (χ1) is 7.10. The number of halogens is 3. The summed E-state index contributed by atoms with van der Waals surface area (Å²) in [7, 11) is 0. The highest BCUT2D eigenvalue weighted by molar-refractivity contribution is 9.10. The fourth-order valence-electron chi connectivity index (χ4n) is 1.27. The van der Waals surface area contributed by atoms with Crippen LogP contribution in [0.25, 0.3) is 0 Å². The van der Waals surface area contributed by atoms with Crippen molar-refractivity contribution in [3.8, 4) is 0 Å². The molecular formula is C10H12BrF2NO. The lowest BCUT2D eigenvalue weighted by atomic mass is 9.99. The zero-order valence-corrected chi connectivity index (χ0v) is 9.60. The fraction of sp³-hybridized carbons (Fsp3) is 0.400. The molecule has 0 fully saturated rings. The molecule has 15 heavy (non-hydrogen) atoms. The molecule has 0 aliphatic rings. The van der Waals surface area contributed by atoms with Gasteiger partial charge in [0.15, 0.2) is 0 Å². The van der Waals surface area contributed by atoms with Gasteiger partial charge in [0.05, 0.1) is 4.47 Å². The molecule has 1 aromatic carbocycles. The number of hydrogen-bond donors (Lipinski definition) is 2. The predicted molar refractivity (Wildman–Crippen MR) is 57.4 cm³/mol. The quantitative estimate of drug-likeness (QED) is 0.827. The summed E-state index contributed by atoms with van der Waals surface area (Å²) in [5, 5.41) is 8.90. The number of nitrogens with two attached hydrogens (primary N) is 1. The molecule has 0 aliphatic heterocycles. The lowest BCUT2D eigenvalue weighted by molar-refractivity contribution is 0.228. The van der Waals surface area contributed by atoms with Gasteiger partial charge in [-0.15, -0.1) is 0 Å². The number of hydrogen-bond acceptors (Lipinski definition) is 2. The second-order valence-electron chi connectivity index (χ2n) is 3.31. The number of aliphatic hydroxyl groups is 1. The van der Waals surface area contributed by atoms with Crippen LogP contribution in [-0.4, -0.2) is 18.3 Å². The van der Waals surface area contributed by atoms with Crippen LogP contribution >= 0.6 is 15.9 Å². The zero-order valence-electron chi connectivity index (χ0n) is 8.01. The third-order valence-corrected chi connectivity index (χ3v) is 2.84. The van der Waals surface area contributed by atoms with Crippen molar-refractivity contribution in [3.63, 3.8) is 0 Å². The smallest absolute Gasteiger partial charge is 0.143 e. The average molecular weight is 280 g/mol. The summed E-state index contributed by atoms with van der Waals surface area (Å²) in [5.41, 5.74) is 5.32. The van der Waals surface area contributed by atoms with Crippen molar-refractivity contribution in [1.82, 2.24) is 0 Å². The summed E-state index contributed by atoms with van der Waals surface area (Å²) in [6.45, 7) is 0.0176. The Morgan fingerprint density at radius 2 is 2.07 bits per heavy atom. The second kappa shape index (κ2) is 5.53. The van der Waals surface area contributed by atoms with Crippen LogP contribution in [0.3, 0.4) is 0 Å². The Labute approximate surface area is 95.2 Å². The van der Waals surface area contributed by atoms with Gasteiger partial charge in [0.25, 0.3) is 0 Å². The van der Waals surface area contributed by atoms with Crippen molar-refractivity contribution in [2.45, 2.75) is 6.42 Å². The normalized spacial score (nSPS) is 12.9. The lowest BCUT2D eigenvalue weighted by Gasteiger charge is -2.13. The van der Waals surface area contributed by atoms with Crippen molar-refractivity contribution in [1.29, 1.82) is 0 Å². The summed E-state index contributed by atoms with van der Waals surface area (Å²) in [6, 6.07) is 2.50. The summed E-state index contributed by atoms with van der Waals surface area (Å²) >= 11 is 2.98. The van der Waals surface area contributed by atoms with Crippen LogP contribution in [-0.2, 0) is 6.42 Å². The molecule has 0 spiro atoms. The topological polar surface area (TPSA) is 46.2 Å². The Hall–Kier alpha value is -0.520. The maximum Gasteiger partial charge on any atom is 0.143 e. The average Bonchev–Trinajstić information content (AvgIpc) is 2.24. The van der Waals surface area contributed by atoms with Crippen LogP contribution < -0.4 is 5.73 Å². The van der Waals surface area contributed by atoms with E-state index in [4.69, 9.17) is 10.8 Å². The first-order valence-electron chi connectivity index (χ1n) is 4.53. The van der Waals surface area contributed by atoms with Gasteiger partial charge < -0.3 is 10.8 Å². The largest absolute Gasteiger partial charge is 0.396 e. The fourth-order valence-corrected chi connectivity index (χ4v) is 1.64. The van der Waals surface area contributed by atoms with Crippen molar-refractivity contribution < 1.29 is 13.9 Å². The maximum atomic E-state index is 13.5. The summed E-state index contributed by atoms with van der Waals surface area (Å²) < 4.78 is 27.0. The molecule has 0 aliphatic carbocycles. The maximum absolute atomic E-state index is 13.5. The van der Waals surface area contributed by atoms with E-state index in [9.17, 15) is 8.78 Å². The Morgan fingerprint density at radius 3 is 2.60 bits per heavy atom. The minimum absolute atomic E-state index is 0.0334. The lowest BCUT2D eigenvalue weighted by Crippen LogP contribution is -2.21. The van der Waals surface area contributed by atoms with Crippen LogP contribution in [0.4, 0.5) is 8.78 Å². The summed E-state index contributed by atoms with van der Waals surface area (Å²) in [6.07, 6.45) is 0.101. The number of aliphatic hydroxyl groups excluding tert-OH is 1. The van der Waals surface area contributed by atoms with Gasteiger partial charge in [0, 0.05) is 12.2 Å². The van der Waals surface area contributed by atoms with Crippen molar-refractivity contribution in [3.05, 3.63) is 33.8 Å². The first-order valence-corrected chi connectivity index (χ1v) is 5.32. The van der Waals surface area contributed by atoms with Crippen LogP contribution in [0.2, 0.25) is 0 Å². The highest BCUT2D eigenvalue weighted by Gasteiger charge is 2.16. The Bertz CT molecular complexity index is 342. The van der Waals surface area contributed by atoms with Gasteiger partial charge in [-0.1, -0.05) is 0 Å². The van der Waals surface area contributed by atoms with E-state index in [2.05, 4.69) is 15.9 Å². The molecule has 1 rings (SSSR count). The molecule has 0 saturated heterocycles. The van der Waals surface area contributed by atoms with E-state index in [1.54, 1.807) is 0 Å². The van der Waals surface area contributed by atoms with E-state index in [0.717, 1.165) is 0 Å². The molecule has 1 atom stereocenters. The van der Waals surface area contributed by atoms with Gasteiger partial charge in [-0.3, -0.25) is 0 Å². The van der Waals surface area contributed by atoms with Crippen LogP contribution in [0.15, 0.2) is 16.6 Å².